The number of carboxylic acid groups (broad SMARTS) is 1. The molecule has 2 N–H and O–H groups in total. The van der Waals surface area contributed by atoms with Gasteiger partial charge in [-0.15, -0.1) is 0 Å². The first-order chi connectivity index (χ1) is 14.7. The summed E-state index contributed by atoms with van der Waals surface area (Å²) in [5.41, 5.74) is -1.14. The van der Waals surface area contributed by atoms with Crippen LogP contribution in [0.25, 0.3) is 0 Å². The van der Waals surface area contributed by atoms with Gasteiger partial charge in [-0.3, -0.25) is 14.4 Å². The van der Waals surface area contributed by atoms with Gasteiger partial charge < -0.3 is 10.2 Å². The first-order valence-electron chi connectivity index (χ1n) is 12.7. The molecule has 0 aromatic rings. The predicted octanol–water partition coefficient (Wildman–Crippen LogP) is 4.89. The minimum absolute atomic E-state index is 0.0242. The average Bonchev–Trinajstić information content (AvgIpc) is 2.96. The number of aliphatic hydroxyl groups excluding tert-OH is 1. The Balaban J connectivity index is 1.72. The minimum Gasteiger partial charge on any atom is -0.481 e. The summed E-state index contributed by atoms with van der Waals surface area (Å²) in [7, 11) is 0. The molecule has 4 aliphatic rings. The molecule has 0 aliphatic heterocycles. The SMILES string of the molecule is C[C@H](CCC(=O)O)[C@H]1CC[C@]2(C)[C@@H]3C(=O)C[C@H]4C(C)(C)[C@@H](O)CC[C@]4(C)[C@H]3C(=O)C[C@@]12C. The molecule has 5 heteroatoms. The Morgan fingerprint density at radius 3 is 2.28 bits per heavy atom. The number of hydrogen-bond donors (Lipinski definition) is 2. The number of carbonyl (C=O) groups is 3. The van der Waals surface area contributed by atoms with Gasteiger partial charge in [0.05, 0.1) is 6.10 Å². The number of ketones is 2. The second kappa shape index (κ2) is 7.38. The highest BCUT2D eigenvalue weighted by atomic mass is 16.4. The molecule has 4 fully saturated rings. The van der Waals surface area contributed by atoms with Gasteiger partial charge in [-0.05, 0) is 71.5 Å². The van der Waals surface area contributed by atoms with Gasteiger partial charge in [-0.2, -0.15) is 0 Å². The Kier molecular flexibility index (Phi) is 5.52. The summed E-state index contributed by atoms with van der Waals surface area (Å²) in [4.78, 5) is 38.9. The number of aliphatic carboxylic acids is 1. The Hall–Kier alpha value is -1.23. The molecule has 0 saturated heterocycles. The summed E-state index contributed by atoms with van der Waals surface area (Å²) >= 11 is 0. The Morgan fingerprint density at radius 1 is 1.00 bits per heavy atom. The van der Waals surface area contributed by atoms with Crippen LogP contribution in [0, 0.1) is 51.2 Å². The maximum atomic E-state index is 13.9. The highest BCUT2D eigenvalue weighted by Gasteiger charge is 2.72. The van der Waals surface area contributed by atoms with E-state index >= 15 is 0 Å². The zero-order chi connectivity index (χ0) is 23.9. The molecule has 5 nitrogen and oxygen atoms in total. The molecule has 4 aliphatic carbocycles. The molecule has 9 atom stereocenters. The molecule has 0 amide bonds. The number of aliphatic hydroxyl groups is 1. The van der Waals surface area contributed by atoms with E-state index in [2.05, 4.69) is 41.5 Å². The lowest BCUT2D eigenvalue weighted by molar-refractivity contribution is -0.200. The second-order valence-corrected chi connectivity index (χ2v) is 13.1. The molecule has 0 aromatic carbocycles. The van der Waals surface area contributed by atoms with Crippen molar-refractivity contribution in [1.29, 1.82) is 0 Å². The van der Waals surface area contributed by atoms with Gasteiger partial charge in [0.15, 0.2) is 0 Å². The van der Waals surface area contributed by atoms with Crippen molar-refractivity contribution in [1.82, 2.24) is 0 Å². The molecule has 4 rings (SSSR count). The lowest BCUT2D eigenvalue weighted by Crippen LogP contribution is -2.66. The van der Waals surface area contributed by atoms with Crippen molar-refractivity contribution in [3.63, 3.8) is 0 Å². The summed E-state index contributed by atoms with van der Waals surface area (Å²) < 4.78 is 0. The first-order valence-corrected chi connectivity index (χ1v) is 12.7. The lowest BCUT2D eigenvalue weighted by Gasteiger charge is -2.65. The lowest BCUT2D eigenvalue weighted by atomic mass is 9.37. The molecule has 32 heavy (non-hydrogen) atoms. The summed E-state index contributed by atoms with van der Waals surface area (Å²) in [5, 5.41) is 19.9. The van der Waals surface area contributed by atoms with Gasteiger partial charge in [0.1, 0.15) is 11.6 Å². The van der Waals surface area contributed by atoms with Crippen LogP contribution in [0.1, 0.15) is 92.9 Å². The van der Waals surface area contributed by atoms with Gasteiger partial charge in [0.25, 0.3) is 0 Å². The minimum atomic E-state index is -0.772. The molecule has 0 heterocycles. The fraction of sp³-hybridized carbons (Fsp3) is 0.889. The van der Waals surface area contributed by atoms with E-state index in [9.17, 15) is 19.5 Å². The molecule has 0 spiro atoms. The zero-order valence-corrected chi connectivity index (χ0v) is 20.7. The molecule has 0 unspecified atom stereocenters. The average molecular weight is 447 g/mol. The van der Waals surface area contributed by atoms with E-state index in [0.29, 0.717) is 25.7 Å². The van der Waals surface area contributed by atoms with E-state index < -0.39 is 12.1 Å². The van der Waals surface area contributed by atoms with Gasteiger partial charge in [0.2, 0.25) is 0 Å². The molecule has 0 radical (unpaired) electrons. The Bertz CT molecular complexity index is 832. The number of fused-ring (bicyclic) bond motifs is 5. The number of carboxylic acids is 1. The van der Waals surface area contributed by atoms with E-state index in [0.717, 1.165) is 19.3 Å². The normalized spacial score (nSPS) is 48.5. The highest BCUT2D eigenvalue weighted by Crippen LogP contribution is 2.73. The smallest absolute Gasteiger partial charge is 0.303 e. The van der Waals surface area contributed by atoms with Crippen LogP contribution in [0.5, 0.6) is 0 Å². The second-order valence-electron chi connectivity index (χ2n) is 13.1. The molecular weight excluding hydrogens is 404 g/mol. The topological polar surface area (TPSA) is 91.7 Å². The van der Waals surface area contributed by atoms with Crippen LogP contribution in [-0.2, 0) is 14.4 Å². The fourth-order valence-corrected chi connectivity index (χ4v) is 9.38. The van der Waals surface area contributed by atoms with Crippen molar-refractivity contribution in [2.45, 2.75) is 99.0 Å². The van der Waals surface area contributed by atoms with Crippen molar-refractivity contribution in [3.05, 3.63) is 0 Å². The van der Waals surface area contributed by atoms with Crippen LogP contribution in [0.3, 0.4) is 0 Å². The van der Waals surface area contributed by atoms with Gasteiger partial charge in [-0.1, -0.05) is 41.5 Å². The Labute approximate surface area is 192 Å². The summed E-state index contributed by atoms with van der Waals surface area (Å²) in [5.74, 6) is -0.320. The zero-order valence-electron chi connectivity index (χ0n) is 20.7. The first kappa shape index (κ1) is 23.9. The largest absolute Gasteiger partial charge is 0.481 e. The van der Waals surface area contributed by atoms with Crippen LogP contribution in [-0.4, -0.2) is 33.9 Å². The van der Waals surface area contributed by atoms with Gasteiger partial charge in [-0.25, -0.2) is 0 Å². The quantitative estimate of drug-likeness (QED) is 0.641. The standard InChI is InChI=1S/C27H42O5/c1-15(7-8-21(31)32)16-9-12-26(5)23-17(28)13-19-24(2,3)20(30)10-11-25(19,4)22(23)18(29)14-27(16,26)6/h15-16,19-20,22-23,30H,7-14H2,1-6H3,(H,31,32)/t15-,16-,19+,20+,22+,23-,25+,26-,27+/m1/s1. The Morgan fingerprint density at radius 2 is 1.66 bits per heavy atom. The van der Waals surface area contributed by atoms with Gasteiger partial charge >= 0.3 is 5.97 Å². The van der Waals surface area contributed by atoms with Crippen molar-refractivity contribution < 1.29 is 24.6 Å². The van der Waals surface area contributed by atoms with Crippen molar-refractivity contribution in [2.24, 2.45) is 51.2 Å². The number of carbonyl (C=O) groups excluding carboxylic acids is 2. The van der Waals surface area contributed by atoms with Crippen LogP contribution in [0.4, 0.5) is 0 Å². The summed E-state index contributed by atoms with van der Waals surface area (Å²) in [6, 6.07) is 0. The third kappa shape index (κ3) is 3.02. The number of rotatable bonds is 4. The van der Waals surface area contributed by atoms with Crippen molar-refractivity contribution >= 4 is 17.5 Å². The number of Topliss-reactive ketones (excluding diaryl/α,β-unsaturated/α-hetero) is 2. The van der Waals surface area contributed by atoms with E-state index in [4.69, 9.17) is 5.11 Å². The molecule has 0 aromatic heterocycles. The van der Waals surface area contributed by atoms with Crippen LogP contribution < -0.4 is 0 Å². The van der Waals surface area contributed by atoms with E-state index in [1.807, 2.05) is 0 Å². The van der Waals surface area contributed by atoms with E-state index in [-0.39, 0.29) is 69.2 Å². The molecule has 0 bridgehead atoms. The van der Waals surface area contributed by atoms with Crippen LogP contribution >= 0.6 is 0 Å². The van der Waals surface area contributed by atoms with Crippen molar-refractivity contribution in [2.75, 3.05) is 0 Å². The predicted molar refractivity (Wildman–Crippen MR) is 122 cm³/mol. The third-order valence-corrected chi connectivity index (χ3v) is 11.5. The van der Waals surface area contributed by atoms with E-state index in [1.165, 1.54) is 0 Å². The third-order valence-electron chi connectivity index (χ3n) is 11.5. The summed E-state index contributed by atoms with van der Waals surface area (Å²) in [6.45, 7) is 13.0. The van der Waals surface area contributed by atoms with Crippen LogP contribution in [0.2, 0.25) is 0 Å². The number of hydrogen-bond acceptors (Lipinski definition) is 4. The maximum Gasteiger partial charge on any atom is 0.303 e. The molecular formula is C27H42O5. The van der Waals surface area contributed by atoms with Gasteiger partial charge in [0, 0.05) is 31.1 Å². The fourth-order valence-electron chi connectivity index (χ4n) is 9.38. The van der Waals surface area contributed by atoms with Crippen molar-refractivity contribution in [3.8, 4) is 0 Å². The molecule has 4 saturated carbocycles. The molecule has 180 valence electrons. The van der Waals surface area contributed by atoms with Crippen LogP contribution in [0.15, 0.2) is 0 Å². The monoisotopic (exact) mass is 446 g/mol. The summed E-state index contributed by atoms with van der Waals surface area (Å²) in [6.07, 6.45) is 4.66. The maximum absolute atomic E-state index is 13.9. The highest BCUT2D eigenvalue weighted by molar-refractivity contribution is 5.94. The van der Waals surface area contributed by atoms with E-state index in [1.54, 1.807) is 0 Å².